The number of alkyl carbamates (subject to hydrolysis) is 1. The molecule has 1 aromatic carbocycles. The van der Waals surface area contributed by atoms with Crippen molar-refractivity contribution < 1.29 is 23.1 Å². The summed E-state index contributed by atoms with van der Waals surface area (Å²) in [5.74, 6) is -0.181. The van der Waals surface area contributed by atoms with Crippen LogP contribution in [0.4, 0.5) is 9.18 Å². The van der Waals surface area contributed by atoms with Crippen molar-refractivity contribution in [2.24, 2.45) is 0 Å². The van der Waals surface area contributed by atoms with E-state index >= 15 is 0 Å². The summed E-state index contributed by atoms with van der Waals surface area (Å²) in [6.45, 7) is 5.31. The van der Waals surface area contributed by atoms with E-state index in [0.29, 0.717) is 11.1 Å². The normalized spacial score (nSPS) is 11.5. The van der Waals surface area contributed by atoms with Crippen molar-refractivity contribution in [1.29, 1.82) is 0 Å². The fourth-order valence-electron chi connectivity index (χ4n) is 1.89. The van der Waals surface area contributed by atoms with Crippen molar-refractivity contribution in [1.82, 2.24) is 5.32 Å². The van der Waals surface area contributed by atoms with Gasteiger partial charge in [0.05, 0.1) is 12.1 Å². The number of nitrogens with one attached hydrogen (secondary N) is 1. The van der Waals surface area contributed by atoms with Crippen molar-refractivity contribution in [2.75, 3.05) is 0 Å². The van der Waals surface area contributed by atoms with Gasteiger partial charge in [0.15, 0.2) is 0 Å². The molecule has 22 heavy (non-hydrogen) atoms. The minimum atomic E-state index is -0.604. The van der Waals surface area contributed by atoms with E-state index in [1.807, 2.05) is 0 Å². The average molecular weight is 325 g/mol. The van der Waals surface area contributed by atoms with Gasteiger partial charge in [-0.3, -0.25) is 4.79 Å². The summed E-state index contributed by atoms with van der Waals surface area (Å²) in [5.41, 5.74) is -0.323. The number of hydrogen-bond donors (Lipinski definition) is 2. The molecule has 7 heteroatoms. The van der Waals surface area contributed by atoms with Crippen molar-refractivity contribution in [3.05, 3.63) is 35.3 Å². The van der Waals surface area contributed by atoms with Crippen LogP contribution in [-0.4, -0.2) is 16.8 Å². The number of amides is 1. The van der Waals surface area contributed by atoms with E-state index < -0.39 is 22.6 Å². The number of halogens is 1. The van der Waals surface area contributed by atoms with Gasteiger partial charge in [-0.15, -0.1) is 12.6 Å². The van der Waals surface area contributed by atoms with E-state index in [0.717, 1.165) is 6.07 Å². The number of carbonyl (C=O) groups excluding carboxylic acids is 2. The van der Waals surface area contributed by atoms with Gasteiger partial charge in [-0.1, -0.05) is 0 Å². The molecule has 5 nitrogen and oxygen atoms in total. The third-order valence-electron chi connectivity index (χ3n) is 2.67. The Balaban J connectivity index is 2.18. The summed E-state index contributed by atoms with van der Waals surface area (Å²) in [4.78, 5) is 23.0. The van der Waals surface area contributed by atoms with Gasteiger partial charge in [-0.25, -0.2) is 9.18 Å². The van der Waals surface area contributed by atoms with Crippen molar-refractivity contribution >= 4 is 34.8 Å². The minimum Gasteiger partial charge on any atom is -0.458 e. The summed E-state index contributed by atoms with van der Waals surface area (Å²) < 4.78 is 24.0. The topological polar surface area (TPSA) is 68.5 Å². The number of benzene rings is 1. The van der Waals surface area contributed by atoms with Crippen LogP contribution < -0.4 is 5.32 Å². The van der Waals surface area contributed by atoms with Gasteiger partial charge in [0.2, 0.25) is 5.12 Å². The lowest BCUT2D eigenvalue weighted by molar-refractivity contribution is 0.0520. The molecule has 0 aliphatic rings. The highest BCUT2D eigenvalue weighted by atomic mass is 32.1. The van der Waals surface area contributed by atoms with Crippen LogP contribution in [0.1, 0.15) is 36.9 Å². The highest BCUT2D eigenvalue weighted by Crippen LogP contribution is 2.26. The van der Waals surface area contributed by atoms with Crippen LogP contribution in [0, 0.1) is 5.82 Å². The third kappa shape index (κ3) is 4.00. The van der Waals surface area contributed by atoms with Gasteiger partial charge < -0.3 is 14.5 Å². The summed E-state index contributed by atoms with van der Waals surface area (Å²) in [6, 6.07) is 3.86. The van der Waals surface area contributed by atoms with E-state index in [4.69, 9.17) is 9.15 Å². The summed E-state index contributed by atoms with van der Waals surface area (Å²) in [7, 11) is 0. The van der Waals surface area contributed by atoms with Crippen LogP contribution in [0.25, 0.3) is 11.0 Å². The maximum Gasteiger partial charge on any atom is 0.408 e. The highest BCUT2D eigenvalue weighted by Gasteiger charge is 2.17. The van der Waals surface area contributed by atoms with Gasteiger partial charge in [0, 0.05) is 5.39 Å². The van der Waals surface area contributed by atoms with Gasteiger partial charge in [-0.2, -0.15) is 0 Å². The Labute approximate surface area is 132 Å². The molecule has 1 amide bonds. The zero-order valence-electron chi connectivity index (χ0n) is 12.4. The van der Waals surface area contributed by atoms with Crippen molar-refractivity contribution in [3.63, 3.8) is 0 Å². The van der Waals surface area contributed by atoms with E-state index in [-0.39, 0.29) is 17.7 Å². The summed E-state index contributed by atoms with van der Waals surface area (Å²) >= 11 is 3.70. The monoisotopic (exact) mass is 325 g/mol. The molecular weight excluding hydrogens is 309 g/mol. The lowest BCUT2D eigenvalue weighted by Gasteiger charge is -2.19. The van der Waals surface area contributed by atoms with Gasteiger partial charge in [0.1, 0.15) is 22.8 Å². The molecule has 2 aromatic rings. The van der Waals surface area contributed by atoms with E-state index in [2.05, 4.69) is 17.9 Å². The van der Waals surface area contributed by atoms with Crippen LogP contribution >= 0.6 is 12.6 Å². The predicted molar refractivity (Wildman–Crippen MR) is 82.6 cm³/mol. The predicted octanol–water partition coefficient (Wildman–Crippen LogP) is 3.67. The minimum absolute atomic E-state index is 0.0434. The van der Waals surface area contributed by atoms with Crippen LogP contribution in [0.15, 0.2) is 22.6 Å². The molecule has 2 rings (SSSR count). The second-order valence-corrected chi connectivity index (χ2v) is 6.15. The van der Waals surface area contributed by atoms with Gasteiger partial charge in [0.25, 0.3) is 0 Å². The van der Waals surface area contributed by atoms with Gasteiger partial charge in [-0.05, 0) is 39.0 Å². The fraction of sp³-hybridized carbons (Fsp3) is 0.333. The number of fused-ring (bicyclic) bond motifs is 1. The molecule has 0 saturated heterocycles. The average Bonchev–Trinajstić information content (AvgIpc) is 2.75. The molecule has 0 aliphatic carbocycles. The van der Waals surface area contributed by atoms with Crippen LogP contribution in [-0.2, 0) is 11.3 Å². The summed E-state index contributed by atoms with van der Waals surface area (Å²) in [5, 5.41) is 2.36. The Hall–Kier alpha value is -2.02. The Morgan fingerprint density at radius 1 is 1.32 bits per heavy atom. The second-order valence-electron chi connectivity index (χ2n) is 5.75. The Kier molecular flexibility index (Phi) is 4.46. The number of hydrogen-bond acceptors (Lipinski definition) is 4. The quantitative estimate of drug-likeness (QED) is 0.845. The Morgan fingerprint density at radius 2 is 2.00 bits per heavy atom. The summed E-state index contributed by atoms with van der Waals surface area (Å²) in [6.07, 6.45) is -0.593. The maximum atomic E-state index is 13.4. The largest absolute Gasteiger partial charge is 0.458 e. The molecule has 0 atom stereocenters. The smallest absolute Gasteiger partial charge is 0.408 e. The van der Waals surface area contributed by atoms with E-state index in [9.17, 15) is 14.0 Å². The highest BCUT2D eigenvalue weighted by molar-refractivity contribution is 7.97. The van der Waals surface area contributed by atoms with Crippen LogP contribution in [0.5, 0.6) is 0 Å². The standard InChI is InChI=1S/C15H16FNO4S/c1-15(2,3)21-14(19)17-7-10-5-8-4-9(16)6-11(13(18)22)12(8)20-10/h4-6H,7H2,1-3H3,(H,17,19)(H,18,22). The van der Waals surface area contributed by atoms with E-state index in [1.165, 1.54) is 6.07 Å². The van der Waals surface area contributed by atoms with Crippen LogP contribution in [0.2, 0.25) is 0 Å². The third-order valence-corrected chi connectivity index (χ3v) is 2.91. The molecule has 0 unspecified atom stereocenters. The number of ether oxygens (including phenoxy) is 1. The molecule has 0 saturated carbocycles. The first-order valence-electron chi connectivity index (χ1n) is 6.58. The first kappa shape index (κ1) is 16.4. The Bertz CT molecular complexity index is 733. The van der Waals surface area contributed by atoms with Crippen molar-refractivity contribution in [2.45, 2.75) is 32.9 Å². The molecular formula is C15H16FNO4S. The van der Waals surface area contributed by atoms with Crippen molar-refractivity contribution in [3.8, 4) is 0 Å². The lowest BCUT2D eigenvalue weighted by Crippen LogP contribution is -2.32. The first-order chi connectivity index (χ1) is 10.2. The second kappa shape index (κ2) is 6.00. The molecule has 1 heterocycles. The molecule has 0 bridgehead atoms. The number of thiol groups is 1. The molecule has 0 aliphatic heterocycles. The molecule has 0 spiro atoms. The first-order valence-corrected chi connectivity index (χ1v) is 7.02. The molecule has 1 aromatic heterocycles. The Morgan fingerprint density at radius 3 is 2.59 bits per heavy atom. The maximum absolute atomic E-state index is 13.4. The zero-order chi connectivity index (χ0) is 16.5. The number of furan rings is 1. The zero-order valence-corrected chi connectivity index (χ0v) is 13.3. The van der Waals surface area contributed by atoms with Gasteiger partial charge >= 0.3 is 6.09 Å². The SMILES string of the molecule is CC(C)(C)OC(=O)NCc1cc2cc(F)cc(C(=O)S)c2o1. The number of rotatable bonds is 3. The lowest BCUT2D eigenvalue weighted by atomic mass is 10.1. The van der Waals surface area contributed by atoms with E-state index in [1.54, 1.807) is 26.8 Å². The molecule has 0 radical (unpaired) electrons. The number of carbonyl (C=O) groups is 2. The molecule has 0 fully saturated rings. The van der Waals surface area contributed by atoms with Crippen LogP contribution in [0.3, 0.4) is 0 Å². The molecule has 1 N–H and O–H groups in total. The fourth-order valence-corrected chi connectivity index (χ4v) is 2.06. The molecule has 118 valence electrons.